The quantitative estimate of drug-likeness (QED) is 0.314. The minimum Gasteiger partial charge on any atom is -0.480 e. The number of aryl methyl sites for hydroxylation is 1. The van der Waals surface area contributed by atoms with Crippen molar-refractivity contribution in [2.75, 3.05) is 6.61 Å². The zero-order valence-corrected chi connectivity index (χ0v) is 23.2. The second-order valence-corrected chi connectivity index (χ2v) is 10.3. The van der Waals surface area contributed by atoms with Crippen molar-refractivity contribution in [3.05, 3.63) is 107 Å². The van der Waals surface area contributed by atoms with E-state index in [9.17, 15) is 19.5 Å². The number of benzene rings is 3. The van der Waals surface area contributed by atoms with Crippen LogP contribution >= 0.6 is 0 Å². The number of hydrogen-bond donors (Lipinski definition) is 2. The molecular formula is C33H38N2O5. The molecule has 0 bridgehead atoms. The molecule has 4 rings (SSSR count). The molecule has 0 spiro atoms. The molecule has 1 unspecified atom stereocenters. The molecule has 0 aromatic heterocycles. The van der Waals surface area contributed by atoms with Gasteiger partial charge in [-0.15, -0.1) is 0 Å². The standard InChI is InChI=1S/C33H38N2O5/c1-3-40-33(39)29(19-18-24-12-6-4-7-13-24)34-23(2)31(36)35(28-21-26-16-10-11-17-27(26)22-28)30(32(37)38)20-25-14-8-5-9-15-25/h4-17,23,28-30,34H,3,18-22H2,1-2H3,(H,37,38)/t23-,29-,30?/m0/s1. The van der Waals surface area contributed by atoms with Gasteiger partial charge in [-0.2, -0.15) is 0 Å². The molecule has 0 radical (unpaired) electrons. The predicted octanol–water partition coefficient (Wildman–Crippen LogP) is 4.22. The smallest absolute Gasteiger partial charge is 0.326 e. The highest BCUT2D eigenvalue weighted by Gasteiger charge is 2.40. The molecule has 0 aliphatic heterocycles. The van der Waals surface area contributed by atoms with E-state index >= 15 is 0 Å². The lowest BCUT2D eigenvalue weighted by atomic mass is 9.99. The Morgan fingerprint density at radius 3 is 2.00 bits per heavy atom. The maximum atomic E-state index is 14.2. The monoisotopic (exact) mass is 542 g/mol. The number of carboxylic acid groups (broad SMARTS) is 1. The Kier molecular flexibility index (Phi) is 10.1. The number of rotatable bonds is 13. The summed E-state index contributed by atoms with van der Waals surface area (Å²) in [6.45, 7) is 3.68. The number of carbonyl (C=O) groups is 3. The average molecular weight is 543 g/mol. The summed E-state index contributed by atoms with van der Waals surface area (Å²) in [5.41, 5.74) is 4.18. The van der Waals surface area contributed by atoms with Gasteiger partial charge in [0.1, 0.15) is 12.1 Å². The largest absolute Gasteiger partial charge is 0.480 e. The fraction of sp³-hybridized carbons (Fsp3) is 0.364. The Balaban J connectivity index is 1.58. The normalized spacial score (nSPS) is 15.1. The maximum absolute atomic E-state index is 14.2. The van der Waals surface area contributed by atoms with Crippen molar-refractivity contribution in [3.63, 3.8) is 0 Å². The van der Waals surface area contributed by atoms with Crippen LogP contribution < -0.4 is 5.32 Å². The van der Waals surface area contributed by atoms with Gasteiger partial charge in [-0.3, -0.25) is 14.9 Å². The van der Waals surface area contributed by atoms with Crippen molar-refractivity contribution in [1.82, 2.24) is 10.2 Å². The van der Waals surface area contributed by atoms with Gasteiger partial charge in [0.05, 0.1) is 12.6 Å². The second kappa shape index (κ2) is 13.9. The molecule has 7 nitrogen and oxygen atoms in total. The van der Waals surface area contributed by atoms with Crippen LogP contribution in [0.15, 0.2) is 84.9 Å². The van der Waals surface area contributed by atoms with E-state index < -0.39 is 30.1 Å². The molecule has 210 valence electrons. The lowest BCUT2D eigenvalue weighted by Crippen LogP contribution is -2.59. The van der Waals surface area contributed by atoms with E-state index in [1.807, 2.05) is 84.9 Å². The fourth-order valence-electron chi connectivity index (χ4n) is 5.53. The Hall–Kier alpha value is -3.97. The number of carbonyl (C=O) groups excluding carboxylic acids is 2. The Morgan fingerprint density at radius 2 is 1.45 bits per heavy atom. The summed E-state index contributed by atoms with van der Waals surface area (Å²) in [6, 6.07) is 24.3. The number of nitrogens with zero attached hydrogens (tertiary/aromatic N) is 1. The topological polar surface area (TPSA) is 95.9 Å². The predicted molar refractivity (Wildman–Crippen MR) is 154 cm³/mol. The third kappa shape index (κ3) is 7.36. The molecule has 3 aromatic carbocycles. The molecule has 1 amide bonds. The Labute approximate surface area is 236 Å². The molecule has 3 aromatic rings. The van der Waals surface area contributed by atoms with Crippen LogP contribution in [0.5, 0.6) is 0 Å². The van der Waals surface area contributed by atoms with Crippen LogP contribution in [0.2, 0.25) is 0 Å². The summed E-state index contributed by atoms with van der Waals surface area (Å²) in [5.74, 6) is -1.81. The van der Waals surface area contributed by atoms with Crippen molar-refractivity contribution in [1.29, 1.82) is 0 Å². The van der Waals surface area contributed by atoms with Crippen molar-refractivity contribution in [2.24, 2.45) is 0 Å². The fourth-order valence-corrected chi connectivity index (χ4v) is 5.53. The summed E-state index contributed by atoms with van der Waals surface area (Å²) in [4.78, 5) is 41.3. The number of aliphatic carboxylic acids is 1. The molecule has 3 atom stereocenters. The highest BCUT2D eigenvalue weighted by Crippen LogP contribution is 2.28. The third-order valence-corrected chi connectivity index (χ3v) is 7.53. The first-order valence-corrected chi connectivity index (χ1v) is 14.0. The number of ether oxygens (including phenoxy) is 1. The van der Waals surface area contributed by atoms with Gasteiger partial charge in [-0.05, 0) is 61.8 Å². The van der Waals surface area contributed by atoms with Gasteiger partial charge < -0.3 is 14.7 Å². The van der Waals surface area contributed by atoms with Crippen molar-refractivity contribution in [3.8, 4) is 0 Å². The molecule has 7 heteroatoms. The summed E-state index contributed by atoms with van der Waals surface area (Å²) in [5, 5.41) is 13.6. The third-order valence-electron chi connectivity index (χ3n) is 7.53. The lowest BCUT2D eigenvalue weighted by Gasteiger charge is -2.37. The molecule has 1 aliphatic rings. The van der Waals surface area contributed by atoms with E-state index in [4.69, 9.17) is 4.74 Å². The second-order valence-electron chi connectivity index (χ2n) is 10.3. The summed E-state index contributed by atoms with van der Waals surface area (Å²) in [7, 11) is 0. The molecule has 2 N–H and O–H groups in total. The van der Waals surface area contributed by atoms with Gasteiger partial charge in [0.2, 0.25) is 5.91 Å². The number of esters is 1. The average Bonchev–Trinajstić information content (AvgIpc) is 3.39. The Morgan fingerprint density at radius 1 is 0.900 bits per heavy atom. The minimum absolute atomic E-state index is 0.191. The van der Waals surface area contributed by atoms with E-state index in [1.54, 1.807) is 18.7 Å². The minimum atomic E-state index is -1.05. The molecule has 40 heavy (non-hydrogen) atoms. The maximum Gasteiger partial charge on any atom is 0.326 e. The highest BCUT2D eigenvalue weighted by molar-refractivity contribution is 5.88. The van der Waals surface area contributed by atoms with Crippen LogP contribution in [0.25, 0.3) is 0 Å². The van der Waals surface area contributed by atoms with Crippen LogP contribution in [0.1, 0.15) is 42.5 Å². The van der Waals surface area contributed by atoms with Crippen LogP contribution in [0.3, 0.4) is 0 Å². The van der Waals surface area contributed by atoms with E-state index in [0.717, 1.165) is 22.3 Å². The van der Waals surface area contributed by atoms with Gasteiger partial charge in [-0.1, -0.05) is 84.9 Å². The zero-order chi connectivity index (χ0) is 28.5. The van der Waals surface area contributed by atoms with Crippen LogP contribution in [-0.2, 0) is 44.8 Å². The summed E-state index contributed by atoms with van der Waals surface area (Å²) in [6.07, 6.45) is 2.44. The number of amides is 1. The van der Waals surface area contributed by atoms with Crippen molar-refractivity contribution >= 4 is 17.8 Å². The molecule has 1 aliphatic carbocycles. The van der Waals surface area contributed by atoms with Gasteiger partial charge in [0.25, 0.3) is 0 Å². The number of hydrogen-bond acceptors (Lipinski definition) is 5. The Bertz CT molecular complexity index is 1260. The van der Waals surface area contributed by atoms with Crippen molar-refractivity contribution in [2.45, 2.75) is 70.1 Å². The van der Waals surface area contributed by atoms with Crippen LogP contribution in [0.4, 0.5) is 0 Å². The van der Waals surface area contributed by atoms with Gasteiger partial charge in [0, 0.05) is 12.5 Å². The van der Waals surface area contributed by atoms with E-state index in [0.29, 0.717) is 25.7 Å². The van der Waals surface area contributed by atoms with Gasteiger partial charge in [0.15, 0.2) is 0 Å². The zero-order valence-electron chi connectivity index (χ0n) is 23.2. The molecular weight excluding hydrogens is 504 g/mol. The first-order valence-electron chi connectivity index (χ1n) is 14.0. The molecule has 0 saturated heterocycles. The summed E-state index contributed by atoms with van der Waals surface area (Å²) >= 11 is 0. The highest BCUT2D eigenvalue weighted by atomic mass is 16.5. The summed E-state index contributed by atoms with van der Waals surface area (Å²) < 4.78 is 5.32. The SMILES string of the molecule is CCOC(=O)[C@H](CCc1ccccc1)N[C@@H](C)C(=O)N(C1Cc2ccccc2C1)C(Cc1ccccc1)C(=O)O. The van der Waals surface area contributed by atoms with E-state index in [2.05, 4.69) is 5.32 Å². The van der Waals surface area contributed by atoms with Gasteiger partial charge >= 0.3 is 11.9 Å². The van der Waals surface area contributed by atoms with Crippen LogP contribution in [-0.4, -0.2) is 58.6 Å². The number of fused-ring (bicyclic) bond motifs is 1. The van der Waals surface area contributed by atoms with E-state index in [1.165, 1.54) is 0 Å². The van der Waals surface area contributed by atoms with Crippen molar-refractivity contribution < 1.29 is 24.2 Å². The number of nitrogens with one attached hydrogen (secondary N) is 1. The molecule has 0 heterocycles. The first kappa shape index (κ1) is 29.0. The van der Waals surface area contributed by atoms with Crippen LogP contribution in [0, 0.1) is 0 Å². The number of carboxylic acids is 1. The molecule has 0 fully saturated rings. The van der Waals surface area contributed by atoms with E-state index in [-0.39, 0.29) is 25.0 Å². The first-order chi connectivity index (χ1) is 19.4. The lowest BCUT2D eigenvalue weighted by molar-refractivity contribution is -0.154. The molecule has 0 saturated carbocycles. The van der Waals surface area contributed by atoms with Gasteiger partial charge in [-0.25, -0.2) is 4.79 Å².